The van der Waals surface area contributed by atoms with Crippen LogP contribution in [0.1, 0.15) is 54.7 Å². The maximum atomic E-state index is 12.2. The molecule has 1 aliphatic rings. The van der Waals surface area contributed by atoms with E-state index in [0.717, 1.165) is 43.9 Å². The van der Waals surface area contributed by atoms with E-state index in [9.17, 15) is 4.79 Å². The van der Waals surface area contributed by atoms with Crippen LogP contribution >= 0.6 is 0 Å². The zero-order chi connectivity index (χ0) is 17.8. The Morgan fingerprint density at radius 2 is 2.32 bits per heavy atom. The molecule has 0 bridgehead atoms. The predicted molar refractivity (Wildman–Crippen MR) is 96.4 cm³/mol. The highest BCUT2D eigenvalue weighted by atomic mass is 16.3. The summed E-state index contributed by atoms with van der Waals surface area (Å²) in [5.41, 5.74) is 0.878. The Hall–Kier alpha value is -2.08. The number of likely N-dealkylation sites (tertiary alicyclic amines) is 1. The largest absolute Gasteiger partial charge is 0.459 e. The second kappa shape index (κ2) is 7.87. The molecule has 0 saturated carbocycles. The molecular formula is C19H28N4O2. The van der Waals surface area contributed by atoms with Gasteiger partial charge in [0.1, 0.15) is 5.82 Å². The molecule has 0 aromatic carbocycles. The van der Waals surface area contributed by atoms with E-state index in [2.05, 4.69) is 33.6 Å². The summed E-state index contributed by atoms with van der Waals surface area (Å²) < 4.78 is 7.49. The number of hydrogen-bond donors (Lipinski definition) is 1. The van der Waals surface area contributed by atoms with Gasteiger partial charge in [-0.2, -0.15) is 0 Å². The SMILES string of the molecule is Cc1ccoc1C(=O)NCC1CCCN(Cc2nccn2C(C)C)C1. The summed E-state index contributed by atoms with van der Waals surface area (Å²) in [6, 6.07) is 2.24. The zero-order valence-corrected chi connectivity index (χ0v) is 15.4. The molecule has 0 spiro atoms. The van der Waals surface area contributed by atoms with Crippen LogP contribution in [0, 0.1) is 12.8 Å². The van der Waals surface area contributed by atoms with E-state index >= 15 is 0 Å². The first kappa shape index (κ1) is 17.7. The van der Waals surface area contributed by atoms with Gasteiger partial charge in [0.15, 0.2) is 5.76 Å². The van der Waals surface area contributed by atoms with Gasteiger partial charge in [0.25, 0.3) is 5.91 Å². The molecule has 2 aromatic heterocycles. The van der Waals surface area contributed by atoms with Crippen molar-refractivity contribution in [2.75, 3.05) is 19.6 Å². The summed E-state index contributed by atoms with van der Waals surface area (Å²) in [6.07, 6.45) is 7.79. The van der Waals surface area contributed by atoms with Crippen molar-refractivity contribution >= 4 is 5.91 Å². The van der Waals surface area contributed by atoms with Gasteiger partial charge in [-0.1, -0.05) is 0 Å². The molecule has 6 heteroatoms. The normalized spacial score (nSPS) is 18.6. The lowest BCUT2D eigenvalue weighted by Gasteiger charge is -2.32. The van der Waals surface area contributed by atoms with Gasteiger partial charge < -0.3 is 14.3 Å². The van der Waals surface area contributed by atoms with E-state index in [0.29, 0.717) is 24.3 Å². The van der Waals surface area contributed by atoms with Gasteiger partial charge in [-0.25, -0.2) is 4.98 Å². The molecule has 0 aliphatic carbocycles. The molecule has 136 valence electrons. The molecule has 0 radical (unpaired) electrons. The lowest BCUT2D eigenvalue weighted by atomic mass is 9.98. The van der Waals surface area contributed by atoms with Gasteiger partial charge in [-0.05, 0) is 52.1 Å². The van der Waals surface area contributed by atoms with E-state index in [1.54, 1.807) is 6.26 Å². The van der Waals surface area contributed by atoms with Gasteiger partial charge in [-0.3, -0.25) is 9.69 Å². The summed E-state index contributed by atoms with van der Waals surface area (Å²) in [6.45, 7) is 9.88. The van der Waals surface area contributed by atoms with Gasteiger partial charge >= 0.3 is 0 Å². The van der Waals surface area contributed by atoms with E-state index in [1.165, 1.54) is 0 Å². The summed E-state index contributed by atoms with van der Waals surface area (Å²) in [5.74, 6) is 1.89. The maximum Gasteiger partial charge on any atom is 0.287 e. The monoisotopic (exact) mass is 344 g/mol. The van der Waals surface area contributed by atoms with Crippen molar-refractivity contribution in [3.63, 3.8) is 0 Å². The number of hydrogen-bond acceptors (Lipinski definition) is 4. The van der Waals surface area contributed by atoms with Crippen LogP contribution in [0.15, 0.2) is 29.1 Å². The number of nitrogens with one attached hydrogen (secondary N) is 1. The third-order valence-electron chi connectivity index (χ3n) is 4.89. The Kier molecular flexibility index (Phi) is 5.58. The number of imidazole rings is 1. The van der Waals surface area contributed by atoms with Crippen molar-refractivity contribution in [3.8, 4) is 0 Å². The quantitative estimate of drug-likeness (QED) is 0.875. The fourth-order valence-electron chi connectivity index (χ4n) is 3.52. The zero-order valence-electron chi connectivity index (χ0n) is 15.4. The highest BCUT2D eigenvalue weighted by Gasteiger charge is 2.23. The summed E-state index contributed by atoms with van der Waals surface area (Å²) in [4.78, 5) is 19.2. The molecule has 1 unspecified atom stereocenters. The number of piperidine rings is 1. The van der Waals surface area contributed by atoms with Crippen molar-refractivity contribution in [2.24, 2.45) is 5.92 Å². The predicted octanol–water partition coefficient (Wildman–Crippen LogP) is 3.01. The third-order valence-corrected chi connectivity index (χ3v) is 4.89. The molecule has 1 atom stereocenters. The first-order valence-electron chi connectivity index (χ1n) is 9.11. The van der Waals surface area contributed by atoms with Gasteiger partial charge in [0.05, 0.1) is 12.8 Å². The fraction of sp³-hybridized carbons (Fsp3) is 0.579. The minimum atomic E-state index is -0.116. The molecule has 6 nitrogen and oxygen atoms in total. The number of nitrogens with zero attached hydrogens (tertiary/aromatic N) is 3. The van der Waals surface area contributed by atoms with Gasteiger partial charge in [0, 0.05) is 37.1 Å². The van der Waals surface area contributed by atoms with E-state index < -0.39 is 0 Å². The highest BCUT2D eigenvalue weighted by Crippen LogP contribution is 2.19. The van der Waals surface area contributed by atoms with Crippen LogP contribution in [0.25, 0.3) is 0 Å². The topological polar surface area (TPSA) is 63.3 Å². The summed E-state index contributed by atoms with van der Waals surface area (Å²) >= 11 is 0. The van der Waals surface area contributed by atoms with E-state index in [-0.39, 0.29) is 5.91 Å². The maximum absolute atomic E-state index is 12.2. The number of rotatable bonds is 6. The molecule has 1 fully saturated rings. The van der Waals surface area contributed by atoms with Gasteiger partial charge in [0.2, 0.25) is 0 Å². The van der Waals surface area contributed by atoms with Crippen molar-refractivity contribution < 1.29 is 9.21 Å². The van der Waals surface area contributed by atoms with Crippen molar-refractivity contribution in [3.05, 3.63) is 41.9 Å². The Labute approximate surface area is 149 Å². The van der Waals surface area contributed by atoms with Crippen LogP contribution in [0.5, 0.6) is 0 Å². The number of carbonyl (C=O) groups is 1. The first-order valence-corrected chi connectivity index (χ1v) is 9.11. The standard InChI is InChI=1S/C19H28N4O2/c1-14(2)23-9-7-20-17(23)13-22-8-4-5-16(12-22)11-21-19(24)18-15(3)6-10-25-18/h6-7,9-10,14,16H,4-5,8,11-13H2,1-3H3,(H,21,24). The number of amides is 1. The van der Waals surface area contributed by atoms with E-state index in [4.69, 9.17) is 4.42 Å². The number of carbonyl (C=O) groups excluding carboxylic acids is 1. The minimum Gasteiger partial charge on any atom is -0.459 e. The average molecular weight is 344 g/mol. The van der Waals surface area contributed by atoms with Crippen molar-refractivity contribution in [1.29, 1.82) is 0 Å². The Morgan fingerprint density at radius 3 is 3.04 bits per heavy atom. The number of aryl methyl sites for hydroxylation is 1. The van der Waals surface area contributed by atoms with Crippen LogP contribution in [0.3, 0.4) is 0 Å². The molecule has 1 aliphatic heterocycles. The number of furan rings is 1. The molecule has 1 amide bonds. The first-order chi connectivity index (χ1) is 12.0. The van der Waals surface area contributed by atoms with E-state index in [1.807, 2.05) is 25.4 Å². The van der Waals surface area contributed by atoms with Crippen LogP contribution in [-0.2, 0) is 6.54 Å². The molecule has 3 rings (SSSR count). The summed E-state index contributed by atoms with van der Waals surface area (Å²) in [7, 11) is 0. The Bertz CT molecular complexity index is 704. The van der Waals surface area contributed by atoms with Crippen molar-refractivity contribution in [2.45, 2.75) is 46.2 Å². The van der Waals surface area contributed by atoms with Crippen LogP contribution < -0.4 is 5.32 Å². The van der Waals surface area contributed by atoms with Crippen LogP contribution in [0.2, 0.25) is 0 Å². The lowest BCUT2D eigenvalue weighted by molar-refractivity contribution is 0.0901. The Morgan fingerprint density at radius 1 is 1.48 bits per heavy atom. The molecular weight excluding hydrogens is 316 g/mol. The fourth-order valence-corrected chi connectivity index (χ4v) is 3.52. The van der Waals surface area contributed by atoms with Crippen LogP contribution in [-0.4, -0.2) is 40.0 Å². The smallest absolute Gasteiger partial charge is 0.287 e. The average Bonchev–Trinajstić information content (AvgIpc) is 3.22. The minimum absolute atomic E-state index is 0.116. The number of aromatic nitrogens is 2. The van der Waals surface area contributed by atoms with Crippen molar-refractivity contribution in [1.82, 2.24) is 19.8 Å². The van der Waals surface area contributed by atoms with Gasteiger partial charge in [-0.15, -0.1) is 0 Å². The third kappa shape index (κ3) is 4.31. The molecule has 1 saturated heterocycles. The molecule has 2 aromatic rings. The highest BCUT2D eigenvalue weighted by molar-refractivity contribution is 5.92. The second-order valence-corrected chi connectivity index (χ2v) is 7.23. The second-order valence-electron chi connectivity index (χ2n) is 7.23. The molecule has 3 heterocycles. The Balaban J connectivity index is 1.52. The van der Waals surface area contributed by atoms with Crippen LogP contribution in [0.4, 0.5) is 0 Å². The molecule has 25 heavy (non-hydrogen) atoms. The molecule has 1 N–H and O–H groups in total. The summed E-state index contributed by atoms with van der Waals surface area (Å²) in [5, 5.41) is 3.02. The lowest BCUT2D eigenvalue weighted by Crippen LogP contribution is -2.41.